The van der Waals surface area contributed by atoms with Crippen LogP contribution >= 0.6 is 0 Å². The third kappa shape index (κ3) is 1.93. The summed E-state index contributed by atoms with van der Waals surface area (Å²) in [5.41, 5.74) is -0.244. The number of aliphatic hydroxyl groups is 1. The van der Waals surface area contributed by atoms with Gasteiger partial charge in [-0.05, 0) is 12.1 Å². The van der Waals surface area contributed by atoms with Crippen LogP contribution in [0.3, 0.4) is 0 Å². The molecular weight excluding hydrogens is 243 g/mol. The van der Waals surface area contributed by atoms with Gasteiger partial charge in [0.25, 0.3) is 5.69 Å². The maximum atomic E-state index is 13.2. The highest BCUT2D eigenvalue weighted by molar-refractivity contribution is 5.68. The van der Waals surface area contributed by atoms with E-state index >= 15 is 0 Å². The number of nitro groups is 1. The molecule has 0 aliphatic heterocycles. The van der Waals surface area contributed by atoms with Crippen molar-refractivity contribution in [2.24, 2.45) is 7.05 Å². The van der Waals surface area contributed by atoms with Crippen molar-refractivity contribution in [3.05, 3.63) is 40.0 Å². The summed E-state index contributed by atoms with van der Waals surface area (Å²) < 4.78 is 14.6. The van der Waals surface area contributed by atoms with Gasteiger partial charge in [-0.1, -0.05) is 0 Å². The molecule has 0 radical (unpaired) electrons. The van der Waals surface area contributed by atoms with Crippen LogP contribution in [-0.4, -0.2) is 24.8 Å². The number of nitro benzene ring substituents is 1. The predicted molar refractivity (Wildman–Crippen MR) is 59.0 cm³/mol. The number of nitrogens with zero attached hydrogens (tertiary/aromatic N) is 4. The first-order chi connectivity index (χ1) is 8.54. The number of rotatable bonds is 3. The van der Waals surface area contributed by atoms with Crippen LogP contribution in [0.2, 0.25) is 0 Å². The lowest BCUT2D eigenvalue weighted by Gasteiger charge is -2.03. The number of aliphatic hydroxyl groups excluding tert-OH is 1. The maximum Gasteiger partial charge on any atom is 0.280 e. The SMILES string of the molecule is Cn1c(CO)nnc1-c1cc(F)ccc1[N+](=O)[O-]. The van der Waals surface area contributed by atoms with E-state index in [0.717, 1.165) is 18.2 Å². The minimum absolute atomic E-state index is 0.0229. The van der Waals surface area contributed by atoms with E-state index in [-0.39, 0.29) is 29.5 Å². The van der Waals surface area contributed by atoms with E-state index in [1.54, 1.807) is 0 Å². The summed E-state index contributed by atoms with van der Waals surface area (Å²) >= 11 is 0. The Morgan fingerprint density at radius 2 is 2.22 bits per heavy atom. The summed E-state index contributed by atoms with van der Waals surface area (Å²) in [7, 11) is 1.54. The van der Waals surface area contributed by atoms with Crippen molar-refractivity contribution in [1.29, 1.82) is 0 Å². The van der Waals surface area contributed by atoms with Gasteiger partial charge in [-0.15, -0.1) is 10.2 Å². The van der Waals surface area contributed by atoms with Crippen molar-refractivity contribution >= 4 is 5.69 Å². The van der Waals surface area contributed by atoms with Crippen molar-refractivity contribution in [2.45, 2.75) is 6.61 Å². The van der Waals surface area contributed by atoms with Crippen LogP contribution in [0.4, 0.5) is 10.1 Å². The third-order valence-electron chi connectivity index (χ3n) is 2.50. The average molecular weight is 252 g/mol. The Morgan fingerprint density at radius 3 is 2.78 bits per heavy atom. The molecule has 0 bridgehead atoms. The van der Waals surface area contributed by atoms with Gasteiger partial charge in [0.2, 0.25) is 0 Å². The van der Waals surface area contributed by atoms with E-state index in [1.807, 2.05) is 0 Å². The highest BCUT2D eigenvalue weighted by Gasteiger charge is 2.21. The maximum absolute atomic E-state index is 13.2. The van der Waals surface area contributed by atoms with Gasteiger partial charge in [-0.2, -0.15) is 0 Å². The smallest absolute Gasteiger partial charge is 0.280 e. The van der Waals surface area contributed by atoms with Crippen molar-refractivity contribution in [3.8, 4) is 11.4 Å². The van der Waals surface area contributed by atoms with Crippen LogP contribution in [0.5, 0.6) is 0 Å². The predicted octanol–water partition coefficient (Wildman–Crippen LogP) is 1.02. The highest BCUT2D eigenvalue weighted by atomic mass is 19.1. The molecule has 0 unspecified atom stereocenters. The van der Waals surface area contributed by atoms with Gasteiger partial charge in [0.1, 0.15) is 12.4 Å². The zero-order chi connectivity index (χ0) is 13.3. The molecule has 18 heavy (non-hydrogen) atoms. The van der Waals surface area contributed by atoms with Crippen LogP contribution in [0.1, 0.15) is 5.82 Å². The van der Waals surface area contributed by atoms with Crippen LogP contribution < -0.4 is 0 Å². The number of benzene rings is 1. The second-order valence-corrected chi connectivity index (χ2v) is 3.58. The van der Waals surface area contributed by atoms with E-state index in [4.69, 9.17) is 5.11 Å². The monoisotopic (exact) mass is 252 g/mol. The molecule has 0 spiro atoms. The number of hydrogen-bond acceptors (Lipinski definition) is 5. The standard InChI is InChI=1S/C10H9FN4O3/c1-14-9(5-16)12-13-10(14)7-4-6(11)2-3-8(7)15(17)18/h2-4,16H,5H2,1H3. The average Bonchev–Trinajstić information content (AvgIpc) is 2.69. The van der Waals surface area contributed by atoms with E-state index in [1.165, 1.54) is 11.6 Å². The van der Waals surface area contributed by atoms with E-state index in [2.05, 4.69) is 10.2 Å². The molecule has 0 fully saturated rings. The second kappa shape index (κ2) is 4.49. The fraction of sp³-hybridized carbons (Fsp3) is 0.200. The molecule has 1 aromatic carbocycles. The Bertz CT molecular complexity index is 611. The fourth-order valence-electron chi connectivity index (χ4n) is 1.58. The van der Waals surface area contributed by atoms with Crippen LogP contribution in [-0.2, 0) is 13.7 Å². The Labute approximate surface area is 101 Å². The summed E-state index contributed by atoms with van der Waals surface area (Å²) in [5, 5.41) is 27.2. The third-order valence-corrected chi connectivity index (χ3v) is 2.50. The minimum Gasteiger partial charge on any atom is -0.388 e. The van der Waals surface area contributed by atoms with Gasteiger partial charge >= 0.3 is 0 Å². The quantitative estimate of drug-likeness (QED) is 0.650. The highest BCUT2D eigenvalue weighted by Crippen LogP contribution is 2.29. The number of halogens is 1. The molecular formula is C10H9FN4O3. The lowest BCUT2D eigenvalue weighted by Crippen LogP contribution is -2.01. The van der Waals surface area contributed by atoms with Gasteiger partial charge in [-0.25, -0.2) is 4.39 Å². The molecule has 2 rings (SSSR count). The van der Waals surface area contributed by atoms with Gasteiger partial charge in [0.05, 0.1) is 10.5 Å². The van der Waals surface area contributed by atoms with Crippen LogP contribution in [0.15, 0.2) is 18.2 Å². The Hall–Kier alpha value is -2.35. The molecule has 1 aromatic heterocycles. The van der Waals surface area contributed by atoms with Crippen LogP contribution in [0, 0.1) is 15.9 Å². The van der Waals surface area contributed by atoms with E-state index in [9.17, 15) is 14.5 Å². The van der Waals surface area contributed by atoms with Crippen molar-refractivity contribution in [1.82, 2.24) is 14.8 Å². The first kappa shape index (κ1) is 12.1. The molecule has 0 saturated heterocycles. The lowest BCUT2D eigenvalue weighted by atomic mass is 10.1. The molecule has 7 nitrogen and oxygen atoms in total. The summed E-state index contributed by atoms with van der Waals surface area (Å²) in [6, 6.07) is 3.09. The first-order valence-electron chi connectivity index (χ1n) is 4.98. The molecule has 0 amide bonds. The molecule has 0 aliphatic rings. The normalized spacial score (nSPS) is 10.6. The topological polar surface area (TPSA) is 94.1 Å². The zero-order valence-corrected chi connectivity index (χ0v) is 9.37. The second-order valence-electron chi connectivity index (χ2n) is 3.58. The van der Waals surface area contributed by atoms with Crippen LogP contribution in [0.25, 0.3) is 11.4 Å². The molecule has 1 N–H and O–H groups in total. The van der Waals surface area contributed by atoms with Gasteiger partial charge in [0.15, 0.2) is 11.6 Å². The first-order valence-corrected chi connectivity index (χ1v) is 4.98. The lowest BCUT2D eigenvalue weighted by molar-refractivity contribution is -0.384. The Balaban J connectivity index is 2.65. The summed E-state index contributed by atoms with van der Waals surface area (Å²) in [4.78, 5) is 10.2. The molecule has 0 atom stereocenters. The fourth-order valence-corrected chi connectivity index (χ4v) is 1.58. The van der Waals surface area contributed by atoms with E-state index in [0.29, 0.717) is 0 Å². The van der Waals surface area contributed by atoms with Crippen molar-refractivity contribution < 1.29 is 14.4 Å². The van der Waals surface area contributed by atoms with E-state index < -0.39 is 10.7 Å². The molecule has 94 valence electrons. The Morgan fingerprint density at radius 1 is 1.50 bits per heavy atom. The number of hydrogen-bond donors (Lipinski definition) is 1. The zero-order valence-electron chi connectivity index (χ0n) is 9.37. The molecule has 8 heteroatoms. The molecule has 1 heterocycles. The molecule has 0 aliphatic carbocycles. The minimum atomic E-state index is -0.623. The summed E-state index contributed by atoms with van der Waals surface area (Å²) in [6.45, 7) is -0.355. The van der Waals surface area contributed by atoms with Gasteiger partial charge < -0.3 is 9.67 Å². The number of aromatic nitrogens is 3. The van der Waals surface area contributed by atoms with Crippen molar-refractivity contribution in [2.75, 3.05) is 0 Å². The van der Waals surface area contributed by atoms with Gasteiger partial charge in [-0.3, -0.25) is 10.1 Å². The largest absolute Gasteiger partial charge is 0.388 e. The Kier molecular flexibility index (Phi) is 3.02. The summed E-state index contributed by atoms with van der Waals surface area (Å²) in [6.07, 6.45) is 0. The summed E-state index contributed by atoms with van der Waals surface area (Å²) in [5.74, 6) is -0.238. The van der Waals surface area contributed by atoms with Gasteiger partial charge in [0, 0.05) is 13.1 Å². The molecule has 0 saturated carbocycles. The van der Waals surface area contributed by atoms with Crippen molar-refractivity contribution in [3.63, 3.8) is 0 Å². The molecule has 2 aromatic rings.